The Kier molecular flexibility index (Phi) is 7.98. The van der Waals surface area contributed by atoms with E-state index in [1.807, 2.05) is 0 Å². The highest BCUT2D eigenvalue weighted by atomic mass is 15.1. The van der Waals surface area contributed by atoms with Crippen LogP contribution in [0.15, 0.2) is 24.3 Å². The minimum atomic E-state index is 0.564. The molecule has 1 aromatic carbocycles. The fourth-order valence-electron chi connectivity index (χ4n) is 2.83. The van der Waals surface area contributed by atoms with Crippen LogP contribution in [0.25, 0.3) is 0 Å². The summed E-state index contributed by atoms with van der Waals surface area (Å²) in [5.41, 5.74) is 2.86. The van der Waals surface area contributed by atoms with Crippen molar-refractivity contribution in [2.45, 2.75) is 53.1 Å². The number of benzene rings is 1. The molecule has 0 radical (unpaired) electrons. The third kappa shape index (κ3) is 8.23. The van der Waals surface area contributed by atoms with Gasteiger partial charge in [-0.05, 0) is 49.9 Å². The molecule has 0 amide bonds. The summed E-state index contributed by atoms with van der Waals surface area (Å²) < 4.78 is 0. The maximum atomic E-state index is 3.74. The van der Waals surface area contributed by atoms with E-state index >= 15 is 0 Å². The summed E-state index contributed by atoms with van der Waals surface area (Å²) in [4.78, 5) is 2.27. The van der Waals surface area contributed by atoms with Gasteiger partial charge in [0, 0.05) is 19.1 Å². The molecule has 120 valence electrons. The third-order valence-electron chi connectivity index (χ3n) is 3.57. The number of hydrogen-bond donors (Lipinski definition) is 1. The zero-order valence-electron chi connectivity index (χ0n) is 14.8. The third-order valence-corrected chi connectivity index (χ3v) is 3.57. The Morgan fingerprint density at radius 1 is 1.00 bits per heavy atom. The molecule has 1 rings (SSSR count). The first-order valence-electron chi connectivity index (χ1n) is 8.32. The van der Waals surface area contributed by atoms with Gasteiger partial charge < -0.3 is 10.2 Å². The van der Waals surface area contributed by atoms with Crippen molar-refractivity contribution in [3.05, 3.63) is 35.4 Å². The first-order chi connectivity index (χ1) is 9.86. The second-order valence-corrected chi connectivity index (χ2v) is 7.39. The standard InChI is InChI=1S/C19H34N2/c1-15(2)10-17-8-7-9-18(12-17)13-20-19(11-16(3)4)14-21(5)6/h7-9,12,15-16,19-20H,10-11,13-14H2,1-6H3/t19-/m1/s1. The van der Waals surface area contributed by atoms with Crippen LogP contribution in [-0.2, 0) is 13.0 Å². The average Bonchev–Trinajstić information content (AvgIpc) is 2.34. The molecule has 0 spiro atoms. The summed E-state index contributed by atoms with van der Waals surface area (Å²) in [5.74, 6) is 1.45. The Balaban J connectivity index is 2.58. The van der Waals surface area contributed by atoms with Crippen LogP contribution >= 0.6 is 0 Å². The molecule has 0 saturated heterocycles. The highest BCUT2D eigenvalue weighted by Crippen LogP contribution is 2.12. The molecular weight excluding hydrogens is 256 g/mol. The van der Waals surface area contributed by atoms with E-state index in [2.05, 4.69) is 76.3 Å². The van der Waals surface area contributed by atoms with Crippen molar-refractivity contribution < 1.29 is 0 Å². The first kappa shape index (κ1) is 18.2. The molecule has 2 heteroatoms. The van der Waals surface area contributed by atoms with E-state index in [-0.39, 0.29) is 0 Å². The first-order valence-corrected chi connectivity index (χ1v) is 8.32. The molecule has 1 N–H and O–H groups in total. The van der Waals surface area contributed by atoms with E-state index in [1.165, 1.54) is 24.0 Å². The summed E-state index contributed by atoms with van der Waals surface area (Å²) in [6, 6.07) is 9.59. The number of rotatable bonds is 9. The van der Waals surface area contributed by atoms with E-state index < -0.39 is 0 Å². The van der Waals surface area contributed by atoms with Crippen LogP contribution < -0.4 is 5.32 Å². The van der Waals surface area contributed by atoms with Crippen molar-refractivity contribution >= 4 is 0 Å². The van der Waals surface area contributed by atoms with Gasteiger partial charge in [0.05, 0.1) is 0 Å². The minimum absolute atomic E-state index is 0.564. The lowest BCUT2D eigenvalue weighted by Gasteiger charge is -2.24. The maximum Gasteiger partial charge on any atom is 0.0208 e. The van der Waals surface area contributed by atoms with Gasteiger partial charge >= 0.3 is 0 Å². The van der Waals surface area contributed by atoms with Gasteiger partial charge in [-0.25, -0.2) is 0 Å². The van der Waals surface area contributed by atoms with Gasteiger partial charge in [-0.3, -0.25) is 0 Å². The second kappa shape index (κ2) is 9.22. The van der Waals surface area contributed by atoms with Crippen LogP contribution in [0, 0.1) is 11.8 Å². The monoisotopic (exact) mass is 290 g/mol. The SMILES string of the molecule is CC(C)Cc1cccc(CN[C@H](CC(C)C)CN(C)C)c1. The summed E-state index contributed by atoms with van der Waals surface area (Å²) in [5, 5.41) is 3.74. The Labute approximate surface area is 131 Å². The number of nitrogens with zero attached hydrogens (tertiary/aromatic N) is 1. The summed E-state index contributed by atoms with van der Waals surface area (Å²) >= 11 is 0. The van der Waals surface area contributed by atoms with Gasteiger partial charge in [-0.2, -0.15) is 0 Å². The summed E-state index contributed by atoms with van der Waals surface area (Å²) in [6.07, 6.45) is 2.39. The number of nitrogens with one attached hydrogen (secondary N) is 1. The second-order valence-electron chi connectivity index (χ2n) is 7.39. The van der Waals surface area contributed by atoms with E-state index in [0.717, 1.165) is 24.9 Å². The van der Waals surface area contributed by atoms with Gasteiger partial charge in [0.25, 0.3) is 0 Å². The van der Waals surface area contributed by atoms with Crippen molar-refractivity contribution in [3.8, 4) is 0 Å². The lowest BCUT2D eigenvalue weighted by molar-refractivity contribution is 0.305. The van der Waals surface area contributed by atoms with Crippen LogP contribution in [0.1, 0.15) is 45.2 Å². The van der Waals surface area contributed by atoms with E-state index in [1.54, 1.807) is 0 Å². The Hall–Kier alpha value is -0.860. The largest absolute Gasteiger partial charge is 0.309 e. The van der Waals surface area contributed by atoms with E-state index in [9.17, 15) is 0 Å². The van der Waals surface area contributed by atoms with E-state index in [4.69, 9.17) is 0 Å². The van der Waals surface area contributed by atoms with Crippen LogP contribution in [0.2, 0.25) is 0 Å². The molecule has 1 atom stereocenters. The molecule has 21 heavy (non-hydrogen) atoms. The van der Waals surface area contributed by atoms with Crippen molar-refractivity contribution in [2.75, 3.05) is 20.6 Å². The van der Waals surface area contributed by atoms with Crippen LogP contribution in [0.4, 0.5) is 0 Å². The summed E-state index contributed by atoms with van der Waals surface area (Å²) in [6.45, 7) is 11.2. The van der Waals surface area contributed by atoms with Crippen molar-refractivity contribution in [2.24, 2.45) is 11.8 Å². The smallest absolute Gasteiger partial charge is 0.0208 e. The van der Waals surface area contributed by atoms with E-state index in [0.29, 0.717) is 6.04 Å². The van der Waals surface area contributed by atoms with Crippen LogP contribution in [0.5, 0.6) is 0 Å². The molecule has 0 aliphatic heterocycles. The molecule has 0 saturated carbocycles. The molecular formula is C19H34N2. The highest BCUT2D eigenvalue weighted by Gasteiger charge is 2.11. The minimum Gasteiger partial charge on any atom is -0.309 e. The molecule has 0 aliphatic carbocycles. The topological polar surface area (TPSA) is 15.3 Å². The molecule has 0 unspecified atom stereocenters. The zero-order valence-corrected chi connectivity index (χ0v) is 14.8. The molecule has 0 fully saturated rings. The molecule has 0 aliphatic rings. The number of hydrogen-bond acceptors (Lipinski definition) is 2. The highest BCUT2D eigenvalue weighted by molar-refractivity contribution is 5.23. The van der Waals surface area contributed by atoms with Crippen LogP contribution in [-0.4, -0.2) is 31.6 Å². The Morgan fingerprint density at radius 3 is 2.24 bits per heavy atom. The normalized spacial score (nSPS) is 13.4. The van der Waals surface area contributed by atoms with Gasteiger partial charge in [-0.15, -0.1) is 0 Å². The zero-order chi connectivity index (χ0) is 15.8. The maximum absolute atomic E-state index is 3.74. The molecule has 1 aromatic rings. The van der Waals surface area contributed by atoms with Crippen LogP contribution in [0.3, 0.4) is 0 Å². The average molecular weight is 290 g/mol. The summed E-state index contributed by atoms with van der Waals surface area (Å²) in [7, 11) is 4.30. The van der Waals surface area contributed by atoms with Crippen molar-refractivity contribution in [1.29, 1.82) is 0 Å². The molecule has 0 bridgehead atoms. The molecule has 0 heterocycles. The van der Waals surface area contributed by atoms with Gasteiger partial charge in [0.2, 0.25) is 0 Å². The number of likely N-dealkylation sites (N-methyl/N-ethyl adjacent to an activating group) is 1. The van der Waals surface area contributed by atoms with Crippen molar-refractivity contribution in [1.82, 2.24) is 10.2 Å². The Morgan fingerprint density at radius 2 is 1.67 bits per heavy atom. The predicted molar refractivity (Wildman–Crippen MR) is 93.6 cm³/mol. The lowest BCUT2D eigenvalue weighted by atomic mass is 10.0. The van der Waals surface area contributed by atoms with Gasteiger partial charge in [0.1, 0.15) is 0 Å². The fraction of sp³-hybridized carbons (Fsp3) is 0.684. The molecule has 2 nitrogen and oxygen atoms in total. The lowest BCUT2D eigenvalue weighted by Crippen LogP contribution is -2.38. The van der Waals surface area contributed by atoms with Crippen molar-refractivity contribution in [3.63, 3.8) is 0 Å². The van der Waals surface area contributed by atoms with Gasteiger partial charge in [0.15, 0.2) is 0 Å². The predicted octanol–water partition coefficient (Wildman–Crippen LogP) is 3.95. The Bertz CT molecular complexity index is 386. The van der Waals surface area contributed by atoms with Gasteiger partial charge in [-0.1, -0.05) is 52.0 Å². The molecule has 0 aromatic heterocycles. The quantitative estimate of drug-likeness (QED) is 0.741. The fourth-order valence-corrected chi connectivity index (χ4v) is 2.83.